The predicted molar refractivity (Wildman–Crippen MR) is 138 cm³/mol. The Morgan fingerprint density at radius 3 is 2.97 bits per heavy atom. The van der Waals surface area contributed by atoms with Crippen LogP contribution in [0.5, 0.6) is 5.75 Å². The second kappa shape index (κ2) is 11.9. The minimum atomic E-state index is -1.16. The molecule has 1 aliphatic heterocycles. The number of hydrogen-bond acceptors (Lipinski definition) is 5. The van der Waals surface area contributed by atoms with Crippen molar-refractivity contribution < 1.29 is 19.0 Å². The number of pyridine rings is 1. The van der Waals surface area contributed by atoms with Crippen LogP contribution < -0.4 is 4.74 Å². The van der Waals surface area contributed by atoms with Gasteiger partial charge in [-0.25, -0.2) is 4.39 Å². The summed E-state index contributed by atoms with van der Waals surface area (Å²) in [7, 11) is 1.59. The van der Waals surface area contributed by atoms with Crippen molar-refractivity contribution in [2.75, 3.05) is 26.7 Å². The van der Waals surface area contributed by atoms with Gasteiger partial charge in [0.05, 0.1) is 29.1 Å². The number of rotatable bonds is 8. The van der Waals surface area contributed by atoms with Crippen LogP contribution in [0, 0.1) is 23.7 Å². The van der Waals surface area contributed by atoms with Gasteiger partial charge >= 0.3 is 5.97 Å². The third-order valence-corrected chi connectivity index (χ3v) is 7.90. The Labute approximate surface area is 213 Å². The molecule has 0 unspecified atom stereocenters. The zero-order valence-electron chi connectivity index (χ0n) is 19.5. The quantitative estimate of drug-likeness (QED) is 0.362. The van der Waals surface area contributed by atoms with Gasteiger partial charge in [0, 0.05) is 24.5 Å². The fraction of sp³-hybridized carbons (Fsp3) is 0.407. The van der Waals surface area contributed by atoms with Crippen molar-refractivity contribution in [3.8, 4) is 17.6 Å². The SMILES string of the molecule is COc1ccc2nccc([C@H](F)CC[C@@H]3CCN(CC#Cc4sccc4Cl)C[C@@H]3CC(=O)O)c2c1. The fourth-order valence-electron chi connectivity index (χ4n) is 4.81. The highest BCUT2D eigenvalue weighted by atomic mass is 35.5. The van der Waals surface area contributed by atoms with E-state index in [-0.39, 0.29) is 18.3 Å². The first-order chi connectivity index (χ1) is 16.9. The Morgan fingerprint density at radius 2 is 2.23 bits per heavy atom. The number of methoxy groups -OCH3 is 1. The molecule has 0 amide bonds. The highest BCUT2D eigenvalue weighted by molar-refractivity contribution is 7.11. The van der Waals surface area contributed by atoms with E-state index in [1.165, 1.54) is 11.3 Å². The van der Waals surface area contributed by atoms with Gasteiger partial charge in [0.1, 0.15) is 11.9 Å². The fourth-order valence-corrected chi connectivity index (χ4v) is 5.78. The van der Waals surface area contributed by atoms with Crippen molar-refractivity contribution in [1.82, 2.24) is 9.88 Å². The molecule has 0 spiro atoms. The van der Waals surface area contributed by atoms with E-state index in [0.717, 1.165) is 28.7 Å². The smallest absolute Gasteiger partial charge is 0.303 e. The van der Waals surface area contributed by atoms with Crippen molar-refractivity contribution in [3.05, 3.63) is 57.4 Å². The van der Waals surface area contributed by atoms with Crippen LogP contribution >= 0.6 is 22.9 Å². The molecule has 0 radical (unpaired) electrons. The molecule has 1 fully saturated rings. The molecule has 184 valence electrons. The van der Waals surface area contributed by atoms with E-state index >= 15 is 4.39 Å². The lowest BCUT2D eigenvalue weighted by atomic mass is 9.79. The molecule has 8 heteroatoms. The number of carbonyl (C=O) groups is 1. The van der Waals surface area contributed by atoms with Crippen LogP contribution in [-0.4, -0.2) is 47.7 Å². The molecule has 1 aromatic carbocycles. The average Bonchev–Trinajstić information content (AvgIpc) is 3.26. The molecule has 35 heavy (non-hydrogen) atoms. The minimum Gasteiger partial charge on any atom is -0.497 e. The van der Waals surface area contributed by atoms with Gasteiger partial charge in [0.2, 0.25) is 0 Å². The van der Waals surface area contributed by atoms with Gasteiger partial charge in [-0.2, -0.15) is 0 Å². The number of aromatic nitrogens is 1. The van der Waals surface area contributed by atoms with Crippen LogP contribution in [0.15, 0.2) is 41.9 Å². The molecule has 2 aromatic heterocycles. The van der Waals surface area contributed by atoms with E-state index in [1.807, 2.05) is 29.6 Å². The Balaban J connectivity index is 1.39. The summed E-state index contributed by atoms with van der Waals surface area (Å²) in [6, 6.07) is 9.02. The number of piperidine rings is 1. The van der Waals surface area contributed by atoms with Gasteiger partial charge in [-0.1, -0.05) is 23.4 Å². The van der Waals surface area contributed by atoms with Crippen LogP contribution in [0.1, 0.15) is 42.3 Å². The topological polar surface area (TPSA) is 62.7 Å². The number of ether oxygens (including phenoxy) is 1. The zero-order chi connectivity index (χ0) is 24.8. The number of likely N-dealkylation sites (tertiary alicyclic amines) is 1. The molecule has 3 aromatic rings. The molecule has 0 bridgehead atoms. The standard InChI is InChI=1S/C27H28ClFN2O3S/c1-34-20-5-7-25-22(16-20)21(8-11-30-25)24(29)6-4-18-9-13-31(17-19(18)15-27(32)33)12-2-3-26-23(28)10-14-35-26/h5,7-8,10-11,14,16,18-19,24H,4,6,9,12-13,15,17H2,1H3,(H,32,33)/t18-,19+,24-/m1/s1. The molecule has 4 rings (SSSR count). The third-order valence-electron chi connectivity index (χ3n) is 6.64. The van der Waals surface area contributed by atoms with Crippen molar-refractivity contribution in [2.24, 2.45) is 11.8 Å². The van der Waals surface area contributed by atoms with Crippen LogP contribution in [0.3, 0.4) is 0 Å². The lowest BCUT2D eigenvalue weighted by molar-refractivity contribution is -0.139. The highest BCUT2D eigenvalue weighted by Gasteiger charge is 2.31. The number of carboxylic acid groups (broad SMARTS) is 1. The number of thiophene rings is 1. The number of fused-ring (bicyclic) bond motifs is 1. The zero-order valence-corrected chi connectivity index (χ0v) is 21.1. The van der Waals surface area contributed by atoms with Crippen molar-refractivity contribution in [2.45, 2.75) is 31.9 Å². The molecule has 1 N–H and O–H groups in total. The first kappa shape index (κ1) is 25.4. The van der Waals surface area contributed by atoms with E-state index in [2.05, 4.69) is 21.7 Å². The largest absolute Gasteiger partial charge is 0.497 e. The molecule has 0 aliphatic carbocycles. The molecule has 5 nitrogen and oxygen atoms in total. The van der Waals surface area contributed by atoms with E-state index in [4.69, 9.17) is 16.3 Å². The number of alkyl halides is 1. The lowest BCUT2D eigenvalue weighted by Crippen LogP contribution is -2.41. The van der Waals surface area contributed by atoms with Gasteiger partial charge < -0.3 is 9.84 Å². The van der Waals surface area contributed by atoms with Gasteiger partial charge in [-0.05, 0) is 78.9 Å². The van der Waals surface area contributed by atoms with Gasteiger partial charge in [-0.15, -0.1) is 11.3 Å². The number of benzene rings is 1. The summed E-state index contributed by atoms with van der Waals surface area (Å²) in [6.07, 6.45) is 2.37. The van der Waals surface area contributed by atoms with Crippen LogP contribution in [0.2, 0.25) is 5.02 Å². The van der Waals surface area contributed by atoms with Gasteiger partial charge in [0.15, 0.2) is 0 Å². The highest BCUT2D eigenvalue weighted by Crippen LogP contribution is 2.36. The number of aliphatic carboxylic acids is 1. The van der Waals surface area contributed by atoms with Crippen LogP contribution in [0.25, 0.3) is 10.9 Å². The van der Waals surface area contributed by atoms with E-state index < -0.39 is 12.1 Å². The Kier molecular flexibility index (Phi) is 8.61. The summed E-state index contributed by atoms with van der Waals surface area (Å²) in [6.45, 7) is 2.03. The summed E-state index contributed by atoms with van der Waals surface area (Å²) >= 11 is 7.61. The van der Waals surface area contributed by atoms with Gasteiger partial charge in [0.25, 0.3) is 0 Å². The average molecular weight is 515 g/mol. The second-order valence-corrected chi connectivity index (χ2v) is 10.2. The predicted octanol–water partition coefficient (Wildman–Crippen LogP) is 6.21. The summed E-state index contributed by atoms with van der Waals surface area (Å²) in [5.74, 6) is 6.24. The Bertz CT molecular complexity index is 1240. The third kappa shape index (κ3) is 6.52. The molecular weight excluding hydrogens is 487 g/mol. The number of hydrogen-bond donors (Lipinski definition) is 1. The Morgan fingerprint density at radius 1 is 1.37 bits per heavy atom. The van der Waals surface area contributed by atoms with Gasteiger partial charge in [-0.3, -0.25) is 14.7 Å². The monoisotopic (exact) mass is 514 g/mol. The van der Waals surface area contributed by atoms with Crippen molar-refractivity contribution in [1.29, 1.82) is 0 Å². The number of carboxylic acids is 1. The van der Waals surface area contributed by atoms with E-state index in [9.17, 15) is 9.90 Å². The van der Waals surface area contributed by atoms with Crippen molar-refractivity contribution >= 4 is 39.8 Å². The first-order valence-electron chi connectivity index (χ1n) is 11.7. The summed E-state index contributed by atoms with van der Waals surface area (Å²) in [5.41, 5.74) is 1.33. The first-order valence-corrected chi connectivity index (χ1v) is 12.9. The maximum Gasteiger partial charge on any atom is 0.303 e. The van der Waals surface area contributed by atoms with Crippen LogP contribution in [-0.2, 0) is 4.79 Å². The van der Waals surface area contributed by atoms with E-state index in [1.54, 1.807) is 19.4 Å². The lowest BCUT2D eigenvalue weighted by Gasteiger charge is -2.37. The summed E-state index contributed by atoms with van der Waals surface area (Å²) in [5, 5.41) is 12.8. The minimum absolute atomic E-state index is 0.0325. The number of halogens is 2. The Hall–Kier alpha value is -2.66. The molecular formula is C27H28ClFN2O3S. The summed E-state index contributed by atoms with van der Waals surface area (Å²) in [4.78, 5) is 18.9. The molecule has 3 heterocycles. The molecule has 1 aliphatic rings. The molecule has 3 atom stereocenters. The summed E-state index contributed by atoms with van der Waals surface area (Å²) < 4.78 is 20.7. The van der Waals surface area contributed by atoms with Crippen molar-refractivity contribution in [3.63, 3.8) is 0 Å². The van der Waals surface area contributed by atoms with E-state index in [0.29, 0.717) is 42.3 Å². The van der Waals surface area contributed by atoms with Crippen LogP contribution in [0.4, 0.5) is 4.39 Å². The maximum atomic E-state index is 15.4. The molecule has 1 saturated heterocycles. The molecule has 0 saturated carbocycles. The number of nitrogens with zero attached hydrogens (tertiary/aromatic N) is 2. The maximum absolute atomic E-state index is 15.4. The normalized spacial score (nSPS) is 19.2. The second-order valence-electron chi connectivity index (χ2n) is 8.87.